The normalized spacial score (nSPS) is 27.3. The average Bonchev–Trinajstić information content (AvgIpc) is 2.82. The van der Waals surface area contributed by atoms with Crippen molar-refractivity contribution in [3.63, 3.8) is 0 Å². The summed E-state index contributed by atoms with van der Waals surface area (Å²) in [5, 5.41) is 8.95. The van der Waals surface area contributed by atoms with Gasteiger partial charge in [0, 0.05) is 25.6 Å². The lowest BCUT2D eigenvalue weighted by Gasteiger charge is -2.34. The van der Waals surface area contributed by atoms with Crippen LogP contribution in [0.2, 0.25) is 0 Å². The number of aliphatic hydroxyl groups excluding tert-OH is 1. The van der Waals surface area contributed by atoms with E-state index in [0.29, 0.717) is 17.7 Å². The monoisotopic (exact) mass is 225 g/mol. The molecule has 2 rings (SSSR count). The summed E-state index contributed by atoms with van der Waals surface area (Å²) in [7, 11) is 0. The second kappa shape index (κ2) is 5.67. The van der Waals surface area contributed by atoms with E-state index in [-0.39, 0.29) is 6.61 Å². The minimum Gasteiger partial charge on any atom is -0.396 e. The molecule has 1 aliphatic carbocycles. The Balaban J connectivity index is 1.85. The third-order valence-electron chi connectivity index (χ3n) is 4.07. The highest BCUT2D eigenvalue weighted by Crippen LogP contribution is 2.28. The zero-order valence-electron chi connectivity index (χ0n) is 10.0. The molecular formula is C13H23NO2. The van der Waals surface area contributed by atoms with Crippen LogP contribution in [-0.2, 0) is 4.79 Å². The minimum atomic E-state index is 0.260. The average molecular weight is 225 g/mol. The fourth-order valence-corrected chi connectivity index (χ4v) is 3.11. The molecule has 0 spiro atoms. The Kier molecular flexibility index (Phi) is 4.22. The predicted octanol–water partition coefficient (Wildman–Crippen LogP) is 1.80. The van der Waals surface area contributed by atoms with Crippen molar-refractivity contribution in [1.29, 1.82) is 0 Å². The van der Waals surface area contributed by atoms with E-state index in [1.165, 1.54) is 19.3 Å². The van der Waals surface area contributed by atoms with Gasteiger partial charge in [0.15, 0.2) is 0 Å². The van der Waals surface area contributed by atoms with Gasteiger partial charge in [-0.15, -0.1) is 0 Å². The number of amides is 1. The van der Waals surface area contributed by atoms with Crippen molar-refractivity contribution >= 4 is 5.91 Å². The van der Waals surface area contributed by atoms with Gasteiger partial charge in [-0.2, -0.15) is 0 Å². The minimum absolute atomic E-state index is 0.260. The molecule has 2 fully saturated rings. The Hall–Kier alpha value is -0.570. The predicted molar refractivity (Wildman–Crippen MR) is 63.0 cm³/mol. The van der Waals surface area contributed by atoms with Crippen LogP contribution in [0.3, 0.4) is 0 Å². The summed E-state index contributed by atoms with van der Waals surface area (Å²) in [6, 6.07) is 0. The van der Waals surface area contributed by atoms with E-state index in [4.69, 9.17) is 5.11 Å². The van der Waals surface area contributed by atoms with Crippen LogP contribution in [0.15, 0.2) is 0 Å². The van der Waals surface area contributed by atoms with Crippen molar-refractivity contribution in [1.82, 2.24) is 4.90 Å². The van der Waals surface area contributed by atoms with Gasteiger partial charge in [0.1, 0.15) is 0 Å². The summed E-state index contributed by atoms with van der Waals surface area (Å²) in [6.07, 6.45) is 7.79. The zero-order valence-corrected chi connectivity index (χ0v) is 10.0. The van der Waals surface area contributed by atoms with Crippen molar-refractivity contribution in [2.45, 2.75) is 44.9 Å². The van der Waals surface area contributed by atoms with Crippen molar-refractivity contribution in [2.24, 2.45) is 11.8 Å². The topological polar surface area (TPSA) is 40.5 Å². The van der Waals surface area contributed by atoms with E-state index in [1.807, 2.05) is 0 Å². The summed E-state index contributed by atoms with van der Waals surface area (Å²) in [6.45, 7) is 2.09. The van der Waals surface area contributed by atoms with Crippen molar-refractivity contribution in [3.8, 4) is 0 Å². The SMILES string of the molecule is O=C(C1CCCC1)N1CCCC(CCO)C1. The van der Waals surface area contributed by atoms with Crippen molar-refractivity contribution < 1.29 is 9.90 Å². The Labute approximate surface area is 97.8 Å². The number of nitrogens with zero attached hydrogens (tertiary/aromatic N) is 1. The molecule has 16 heavy (non-hydrogen) atoms. The van der Waals surface area contributed by atoms with Crippen LogP contribution in [0.1, 0.15) is 44.9 Å². The van der Waals surface area contributed by atoms with Crippen LogP contribution in [-0.4, -0.2) is 35.6 Å². The van der Waals surface area contributed by atoms with Crippen LogP contribution in [0, 0.1) is 11.8 Å². The lowest BCUT2D eigenvalue weighted by molar-refractivity contribution is -0.137. The first-order chi connectivity index (χ1) is 7.81. The largest absolute Gasteiger partial charge is 0.396 e. The Morgan fingerprint density at radius 3 is 2.62 bits per heavy atom. The summed E-state index contributed by atoms with van der Waals surface area (Å²) in [5.74, 6) is 1.23. The summed E-state index contributed by atoms with van der Waals surface area (Å²) < 4.78 is 0. The summed E-state index contributed by atoms with van der Waals surface area (Å²) in [4.78, 5) is 14.3. The van der Waals surface area contributed by atoms with Gasteiger partial charge < -0.3 is 10.0 Å². The molecule has 1 atom stereocenters. The molecule has 0 radical (unpaired) electrons. The van der Waals surface area contributed by atoms with Gasteiger partial charge in [-0.05, 0) is 38.0 Å². The Morgan fingerprint density at radius 1 is 1.19 bits per heavy atom. The lowest BCUT2D eigenvalue weighted by atomic mass is 9.94. The lowest BCUT2D eigenvalue weighted by Crippen LogP contribution is -2.42. The smallest absolute Gasteiger partial charge is 0.225 e. The molecule has 1 aliphatic heterocycles. The number of carbonyl (C=O) groups excluding carboxylic acids is 1. The molecule has 3 nitrogen and oxygen atoms in total. The van der Waals surface area contributed by atoms with Gasteiger partial charge in [0.25, 0.3) is 0 Å². The standard InChI is InChI=1S/C13H23NO2/c15-9-7-11-4-3-8-14(10-11)13(16)12-5-1-2-6-12/h11-12,15H,1-10H2. The van der Waals surface area contributed by atoms with E-state index in [1.54, 1.807) is 0 Å². The molecule has 1 amide bonds. The molecule has 1 heterocycles. The fraction of sp³-hybridized carbons (Fsp3) is 0.923. The van der Waals surface area contributed by atoms with Crippen LogP contribution in [0.25, 0.3) is 0 Å². The number of hydrogen-bond acceptors (Lipinski definition) is 2. The number of aliphatic hydroxyl groups is 1. The number of likely N-dealkylation sites (tertiary alicyclic amines) is 1. The van der Waals surface area contributed by atoms with Gasteiger partial charge in [-0.25, -0.2) is 0 Å². The quantitative estimate of drug-likeness (QED) is 0.795. The molecule has 0 aromatic heterocycles. The molecule has 3 heteroatoms. The maximum absolute atomic E-state index is 12.2. The Morgan fingerprint density at radius 2 is 1.94 bits per heavy atom. The third kappa shape index (κ3) is 2.76. The van der Waals surface area contributed by atoms with Gasteiger partial charge in [0.2, 0.25) is 5.91 Å². The molecule has 0 bridgehead atoms. The van der Waals surface area contributed by atoms with Crippen LogP contribution < -0.4 is 0 Å². The van der Waals surface area contributed by atoms with Crippen LogP contribution in [0.4, 0.5) is 0 Å². The van der Waals surface area contributed by atoms with E-state index in [9.17, 15) is 4.79 Å². The first-order valence-electron chi connectivity index (χ1n) is 6.71. The number of hydrogen-bond donors (Lipinski definition) is 1. The summed E-state index contributed by atoms with van der Waals surface area (Å²) in [5.41, 5.74) is 0. The van der Waals surface area contributed by atoms with Crippen LogP contribution >= 0.6 is 0 Å². The number of carbonyl (C=O) groups is 1. The molecular weight excluding hydrogens is 202 g/mol. The summed E-state index contributed by atoms with van der Waals surface area (Å²) >= 11 is 0. The maximum atomic E-state index is 12.2. The first-order valence-corrected chi connectivity index (χ1v) is 6.71. The van der Waals surface area contributed by atoms with Gasteiger partial charge in [-0.3, -0.25) is 4.79 Å². The highest BCUT2D eigenvalue weighted by molar-refractivity contribution is 5.79. The second-order valence-electron chi connectivity index (χ2n) is 5.29. The Bertz CT molecular complexity index is 234. The molecule has 1 unspecified atom stereocenters. The molecule has 1 N–H and O–H groups in total. The number of piperidine rings is 1. The molecule has 2 aliphatic rings. The first kappa shape index (κ1) is 11.9. The molecule has 0 aromatic rings. The van der Waals surface area contributed by atoms with E-state index in [0.717, 1.165) is 38.8 Å². The molecule has 0 aromatic carbocycles. The van der Waals surface area contributed by atoms with E-state index < -0.39 is 0 Å². The van der Waals surface area contributed by atoms with Gasteiger partial charge in [-0.1, -0.05) is 12.8 Å². The second-order valence-corrected chi connectivity index (χ2v) is 5.29. The third-order valence-corrected chi connectivity index (χ3v) is 4.07. The number of rotatable bonds is 3. The molecule has 1 saturated heterocycles. The van der Waals surface area contributed by atoms with Crippen molar-refractivity contribution in [2.75, 3.05) is 19.7 Å². The highest BCUT2D eigenvalue weighted by Gasteiger charge is 2.30. The molecule has 1 saturated carbocycles. The highest BCUT2D eigenvalue weighted by atomic mass is 16.3. The van der Waals surface area contributed by atoms with Gasteiger partial charge in [0.05, 0.1) is 0 Å². The van der Waals surface area contributed by atoms with Crippen molar-refractivity contribution in [3.05, 3.63) is 0 Å². The van der Waals surface area contributed by atoms with Crippen LogP contribution in [0.5, 0.6) is 0 Å². The zero-order chi connectivity index (χ0) is 11.4. The van der Waals surface area contributed by atoms with E-state index in [2.05, 4.69) is 4.90 Å². The molecule has 92 valence electrons. The van der Waals surface area contributed by atoms with Gasteiger partial charge >= 0.3 is 0 Å². The fourth-order valence-electron chi connectivity index (χ4n) is 3.11. The van der Waals surface area contributed by atoms with E-state index >= 15 is 0 Å². The maximum Gasteiger partial charge on any atom is 0.225 e.